The first kappa shape index (κ1) is 15.2. The van der Waals surface area contributed by atoms with Gasteiger partial charge in [0.05, 0.1) is 0 Å². The third kappa shape index (κ3) is 7.50. The van der Waals surface area contributed by atoms with Gasteiger partial charge in [0.2, 0.25) is 0 Å². The van der Waals surface area contributed by atoms with Crippen molar-refractivity contribution >= 4 is 0 Å². The molecule has 94 valence electrons. The Kier molecular flexibility index (Phi) is 7.12. The molecular formula is C15H20Fe-6. The van der Waals surface area contributed by atoms with E-state index in [-0.39, 0.29) is 17.1 Å². The molecule has 2 aromatic rings. The van der Waals surface area contributed by atoms with Crippen molar-refractivity contribution in [3.8, 4) is 0 Å². The zero-order valence-electron chi connectivity index (χ0n) is 10.3. The van der Waals surface area contributed by atoms with Crippen molar-refractivity contribution in [2.45, 2.75) is 27.2 Å². The molecule has 0 atom stereocenters. The summed E-state index contributed by atoms with van der Waals surface area (Å²) in [4.78, 5) is 0. The van der Waals surface area contributed by atoms with Crippen molar-refractivity contribution in [3.63, 3.8) is 0 Å². The van der Waals surface area contributed by atoms with Crippen LogP contribution in [0.1, 0.15) is 26.3 Å². The van der Waals surface area contributed by atoms with E-state index in [9.17, 15) is 0 Å². The Morgan fingerprint density at radius 2 is 1.25 bits per heavy atom. The van der Waals surface area contributed by atoms with Crippen LogP contribution in [0.3, 0.4) is 0 Å². The minimum absolute atomic E-state index is 0. The van der Waals surface area contributed by atoms with Gasteiger partial charge < -0.3 is 30.3 Å². The van der Waals surface area contributed by atoms with E-state index in [1.54, 1.807) is 0 Å². The Bertz CT molecular complexity index is 305. The van der Waals surface area contributed by atoms with Gasteiger partial charge in [-0.05, 0) is 5.41 Å². The maximum absolute atomic E-state index is 2.26. The molecule has 0 aromatic heterocycles. The molecular weight excluding hydrogens is 236 g/mol. The maximum Gasteiger partial charge on any atom is 0 e. The van der Waals surface area contributed by atoms with Gasteiger partial charge in [-0.1, -0.05) is 27.2 Å². The smallest absolute Gasteiger partial charge is 0 e. The number of hydrogen-bond donors (Lipinski definition) is 0. The molecule has 0 saturated heterocycles. The second-order valence-electron chi connectivity index (χ2n) is 4.99. The minimum atomic E-state index is 0. The molecule has 0 heterocycles. The SMILES string of the molecule is CC(C)(C)C[c-]1cccc1.[Fe].[cH-]1[cH-][cH-][cH-][cH-]1. The fourth-order valence-electron chi connectivity index (χ4n) is 1.46. The molecule has 0 fully saturated rings. The second-order valence-corrected chi connectivity index (χ2v) is 4.99. The third-order valence-corrected chi connectivity index (χ3v) is 2.02. The van der Waals surface area contributed by atoms with Gasteiger partial charge in [0, 0.05) is 17.1 Å². The average molecular weight is 256 g/mol. The molecule has 0 aliphatic carbocycles. The van der Waals surface area contributed by atoms with Crippen LogP contribution in [0.15, 0.2) is 54.6 Å². The Labute approximate surface area is 110 Å². The van der Waals surface area contributed by atoms with Crippen molar-refractivity contribution in [3.05, 3.63) is 60.2 Å². The molecule has 1 heteroatoms. The van der Waals surface area contributed by atoms with E-state index in [0.717, 1.165) is 0 Å². The van der Waals surface area contributed by atoms with Crippen molar-refractivity contribution in [2.75, 3.05) is 0 Å². The minimum Gasteiger partial charge on any atom is -0.748 e. The van der Waals surface area contributed by atoms with Crippen LogP contribution in [0, 0.1) is 5.41 Å². The van der Waals surface area contributed by atoms with Crippen LogP contribution < -0.4 is 0 Å². The monoisotopic (exact) mass is 256 g/mol. The summed E-state index contributed by atoms with van der Waals surface area (Å²) in [6, 6.07) is 18.6. The largest absolute Gasteiger partial charge is 0.748 e. The summed E-state index contributed by atoms with van der Waals surface area (Å²) in [7, 11) is 0. The molecule has 0 unspecified atom stereocenters. The van der Waals surface area contributed by atoms with Crippen molar-refractivity contribution in [1.29, 1.82) is 0 Å². The summed E-state index contributed by atoms with van der Waals surface area (Å²) in [5, 5.41) is 0. The standard InChI is InChI=1S/C10H15.C5H5.Fe/c1-10(2,3)8-9-6-4-5-7-9;1-2-4-5-3-1;/h4-7H,8H2,1-3H3;1-5H;/q-1;-5;. The number of rotatable bonds is 1. The van der Waals surface area contributed by atoms with Crippen LogP contribution in [0.5, 0.6) is 0 Å². The van der Waals surface area contributed by atoms with Gasteiger partial charge >= 0.3 is 0 Å². The quantitative estimate of drug-likeness (QED) is 0.524. The topological polar surface area (TPSA) is 0 Å². The zero-order valence-corrected chi connectivity index (χ0v) is 11.4. The van der Waals surface area contributed by atoms with E-state index in [0.29, 0.717) is 5.41 Å². The van der Waals surface area contributed by atoms with Crippen LogP contribution in [-0.2, 0) is 23.5 Å². The molecule has 0 N–H and O–H groups in total. The maximum atomic E-state index is 2.26. The summed E-state index contributed by atoms with van der Waals surface area (Å²) in [5.74, 6) is 0. The van der Waals surface area contributed by atoms with Crippen molar-refractivity contribution < 1.29 is 17.1 Å². The van der Waals surface area contributed by atoms with E-state index in [1.807, 2.05) is 30.3 Å². The van der Waals surface area contributed by atoms with Gasteiger partial charge in [-0.3, -0.25) is 0 Å². The predicted octanol–water partition coefficient (Wildman–Crippen LogP) is 4.40. The first-order valence-electron chi connectivity index (χ1n) is 5.45. The van der Waals surface area contributed by atoms with Crippen LogP contribution in [0.4, 0.5) is 0 Å². The van der Waals surface area contributed by atoms with Gasteiger partial charge in [-0.25, -0.2) is 12.1 Å². The molecule has 0 radical (unpaired) electrons. The average Bonchev–Trinajstić information content (AvgIpc) is 2.71. The molecule has 2 rings (SSSR count). The Morgan fingerprint density at radius 3 is 1.56 bits per heavy atom. The Hall–Kier alpha value is -0.781. The number of hydrogen-bond acceptors (Lipinski definition) is 0. The van der Waals surface area contributed by atoms with Gasteiger partial charge in [0.15, 0.2) is 0 Å². The van der Waals surface area contributed by atoms with Crippen LogP contribution in [0.25, 0.3) is 0 Å². The third-order valence-electron chi connectivity index (χ3n) is 2.02. The van der Waals surface area contributed by atoms with E-state index >= 15 is 0 Å². The molecule has 0 nitrogen and oxygen atoms in total. The predicted molar refractivity (Wildman–Crippen MR) is 67.2 cm³/mol. The summed E-state index contributed by atoms with van der Waals surface area (Å²) in [5.41, 5.74) is 1.88. The second kappa shape index (κ2) is 7.49. The van der Waals surface area contributed by atoms with E-state index in [1.165, 1.54) is 12.0 Å². The van der Waals surface area contributed by atoms with Crippen LogP contribution in [0.2, 0.25) is 0 Å². The van der Waals surface area contributed by atoms with Crippen molar-refractivity contribution in [1.82, 2.24) is 0 Å². The Morgan fingerprint density at radius 1 is 0.875 bits per heavy atom. The van der Waals surface area contributed by atoms with E-state index in [2.05, 4.69) is 45.0 Å². The van der Waals surface area contributed by atoms with E-state index in [4.69, 9.17) is 0 Å². The van der Waals surface area contributed by atoms with Gasteiger partial charge in [-0.15, -0.1) is 0 Å². The molecule has 0 bridgehead atoms. The van der Waals surface area contributed by atoms with Crippen molar-refractivity contribution in [2.24, 2.45) is 5.41 Å². The molecule has 16 heavy (non-hydrogen) atoms. The van der Waals surface area contributed by atoms with Crippen LogP contribution in [-0.4, -0.2) is 0 Å². The van der Waals surface area contributed by atoms with Gasteiger partial charge in [0.1, 0.15) is 0 Å². The summed E-state index contributed by atoms with van der Waals surface area (Å²) >= 11 is 0. The fourth-order valence-corrected chi connectivity index (χ4v) is 1.46. The first-order chi connectivity index (χ1) is 7.08. The molecule has 0 spiro atoms. The molecule has 2 aromatic carbocycles. The molecule has 0 aliphatic heterocycles. The summed E-state index contributed by atoms with van der Waals surface area (Å²) < 4.78 is 0. The van der Waals surface area contributed by atoms with Gasteiger partial charge in [0.25, 0.3) is 0 Å². The molecule has 0 saturated carbocycles. The molecule has 0 aliphatic rings. The zero-order chi connectivity index (χ0) is 11.1. The van der Waals surface area contributed by atoms with E-state index < -0.39 is 0 Å². The van der Waals surface area contributed by atoms with Crippen LogP contribution >= 0.6 is 0 Å². The fraction of sp³-hybridized carbons (Fsp3) is 0.333. The van der Waals surface area contributed by atoms with Gasteiger partial charge in [-0.2, -0.15) is 17.7 Å². The molecule has 0 amide bonds. The summed E-state index contributed by atoms with van der Waals surface area (Å²) in [6.07, 6.45) is 1.18. The summed E-state index contributed by atoms with van der Waals surface area (Å²) in [6.45, 7) is 6.79. The Balaban J connectivity index is 0.000000318. The normalized spacial score (nSPS) is 9.94. The first-order valence-corrected chi connectivity index (χ1v) is 5.45.